The summed E-state index contributed by atoms with van der Waals surface area (Å²) in [5, 5.41) is 7.00. The second kappa shape index (κ2) is 13.3. The van der Waals surface area contributed by atoms with E-state index >= 15 is 0 Å². The lowest BCUT2D eigenvalue weighted by atomic mass is 9.96. The molecule has 1 saturated heterocycles. The Morgan fingerprint density at radius 2 is 1.79 bits per heavy atom. The van der Waals surface area contributed by atoms with Crippen LogP contribution in [0.2, 0.25) is 0 Å². The molecule has 1 atom stereocenters. The summed E-state index contributed by atoms with van der Waals surface area (Å²) in [5.41, 5.74) is -0.550. The molecule has 47 heavy (non-hydrogen) atoms. The van der Waals surface area contributed by atoms with Crippen LogP contribution in [0.15, 0.2) is 65.6 Å². The van der Waals surface area contributed by atoms with E-state index in [9.17, 15) is 27.6 Å². The Labute approximate surface area is 269 Å². The van der Waals surface area contributed by atoms with Crippen LogP contribution in [0.3, 0.4) is 0 Å². The number of nitrogens with one attached hydrogen (secondary N) is 1. The van der Waals surface area contributed by atoms with Crippen LogP contribution in [0.1, 0.15) is 31.0 Å². The minimum Gasteiger partial charge on any atom is -0.344 e. The molecule has 14 heteroatoms. The van der Waals surface area contributed by atoms with Gasteiger partial charge in [-0.2, -0.15) is 18.3 Å². The smallest absolute Gasteiger partial charge is 0.344 e. The Morgan fingerprint density at radius 3 is 2.43 bits per heavy atom. The molecule has 246 valence electrons. The molecule has 3 heterocycles. The average Bonchev–Trinajstić information content (AvgIpc) is 3.62. The van der Waals surface area contributed by atoms with Crippen LogP contribution < -0.4 is 11.0 Å². The molecule has 0 radical (unpaired) electrons. The van der Waals surface area contributed by atoms with Gasteiger partial charge in [0.2, 0.25) is 5.91 Å². The van der Waals surface area contributed by atoms with Crippen molar-refractivity contribution in [1.82, 2.24) is 34.0 Å². The Kier molecular flexibility index (Phi) is 9.39. The van der Waals surface area contributed by atoms with E-state index in [1.165, 1.54) is 36.9 Å². The maximum absolute atomic E-state index is 14.0. The summed E-state index contributed by atoms with van der Waals surface area (Å²) in [5.74, 6) is -0.0172. The zero-order valence-electron chi connectivity index (χ0n) is 26.5. The molecular formula is C33H35F3N8O3. The van der Waals surface area contributed by atoms with Gasteiger partial charge in [-0.3, -0.25) is 9.36 Å². The Morgan fingerprint density at radius 1 is 1.11 bits per heavy atom. The first kappa shape index (κ1) is 33.2. The highest BCUT2D eigenvalue weighted by atomic mass is 19.4. The number of imidazole rings is 1. The molecule has 1 N–H and O–H groups in total. The number of hydrogen-bond acceptors (Lipinski definition) is 5. The first-order valence-electron chi connectivity index (χ1n) is 15.1. The van der Waals surface area contributed by atoms with Crippen molar-refractivity contribution in [2.45, 2.75) is 38.9 Å². The van der Waals surface area contributed by atoms with Crippen LogP contribution >= 0.6 is 0 Å². The molecule has 0 spiro atoms. The molecule has 0 unspecified atom stereocenters. The SMILES string of the molecule is [C-]#[N+]c1ccc(-n2nccc2-c2c(C)n(-c3cccc(C(F)(F)F)c3)c(=O)n2C(=O)N[C@@H](C)C(=O)N(C)CC2CCN(C)CC2)cc1. The highest BCUT2D eigenvalue weighted by molar-refractivity contribution is 5.89. The van der Waals surface area contributed by atoms with Crippen molar-refractivity contribution in [2.24, 2.45) is 5.92 Å². The third kappa shape index (κ3) is 6.85. The van der Waals surface area contributed by atoms with Gasteiger partial charge >= 0.3 is 17.9 Å². The third-order valence-corrected chi connectivity index (χ3v) is 8.48. The van der Waals surface area contributed by atoms with E-state index in [4.69, 9.17) is 6.57 Å². The Bertz CT molecular complexity index is 1880. The second-order valence-electron chi connectivity index (χ2n) is 11.8. The lowest BCUT2D eigenvalue weighted by molar-refractivity contribution is -0.137. The molecule has 4 aromatic rings. The molecule has 11 nitrogen and oxygen atoms in total. The lowest BCUT2D eigenvalue weighted by Gasteiger charge is -2.32. The molecule has 2 aromatic carbocycles. The average molecular weight is 649 g/mol. The largest absolute Gasteiger partial charge is 0.416 e. The van der Waals surface area contributed by atoms with Gasteiger partial charge in [-0.15, -0.1) is 0 Å². The number of carbonyl (C=O) groups excluding carboxylic acids is 2. The number of hydrogen-bond donors (Lipinski definition) is 1. The highest BCUT2D eigenvalue weighted by Gasteiger charge is 2.33. The van der Waals surface area contributed by atoms with Gasteiger partial charge in [-0.25, -0.2) is 23.7 Å². The molecule has 2 amide bonds. The monoisotopic (exact) mass is 648 g/mol. The number of piperidine rings is 1. The van der Waals surface area contributed by atoms with Crippen molar-refractivity contribution in [3.8, 4) is 22.8 Å². The van der Waals surface area contributed by atoms with Crippen LogP contribution in [-0.4, -0.2) is 80.4 Å². The third-order valence-electron chi connectivity index (χ3n) is 8.48. The van der Waals surface area contributed by atoms with Gasteiger partial charge < -0.3 is 15.1 Å². The molecule has 2 aromatic heterocycles. The number of halogens is 3. The minimum atomic E-state index is -4.66. The quantitative estimate of drug-likeness (QED) is 0.281. The van der Waals surface area contributed by atoms with Crippen LogP contribution in [0, 0.1) is 19.4 Å². The number of amides is 2. The Balaban J connectivity index is 1.55. The van der Waals surface area contributed by atoms with Crippen LogP contribution in [0.5, 0.6) is 0 Å². The molecule has 5 rings (SSSR count). The summed E-state index contributed by atoms with van der Waals surface area (Å²) >= 11 is 0. The fourth-order valence-electron chi connectivity index (χ4n) is 5.94. The van der Waals surface area contributed by atoms with E-state index in [0.29, 0.717) is 23.8 Å². The fraction of sp³-hybridized carbons (Fsp3) is 0.364. The van der Waals surface area contributed by atoms with Gasteiger partial charge in [0.05, 0.1) is 41.1 Å². The number of carbonyl (C=O) groups is 2. The number of likely N-dealkylation sites (N-methyl/N-ethyl adjacent to an activating group) is 1. The standard InChI is InChI=1S/C33H35F3N8O3/c1-21(30(45)41(5)20-23-14-17-40(4)18-15-23)39-31(46)43-29(28-13-16-38-44(28)26-11-9-25(37-3)10-12-26)22(2)42(32(43)47)27-8-6-7-24(19-27)33(34,35)36/h6-13,16,19,21,23H,14-15,17-18,20H2,1-2,4-5H3,(H,39,46)/t21-/m0/s1. The zero-order chi connectivity index (χ0) is 34.0. The first-order valence-corrected chi connectivity index (χ1v) is 15.1. The fourth-order valence-corrected chi connectivity index (χ4v) is 5.94. The topological polar surface area (TPSA) is 102 Å². The van der Waals surface area contributed by atoms with Gasteiger partial charge in [0, 0.05) is 13.6 Å². The number of nitrogens with zero attached hydrogens (tertiary/aromatic N) is 7. The van der Waals surface area contributed by atoms with E-state index in [1.54, 1.807) is 42.3 Å². The highest BCUT2D eigenvalue weighted by Crippen LogP contribution is 2.32. The molecule has 1 fully saturated rings. The summed E-state index contributed by atoms with van der Waals surface area (Å²) in [6, 6.07) is 10.4. The normalized spacial score (nSPS) is 14.9. The number of alkyl halides is 3. The van der Waals surface area contributed by atoms with E-state index in [-0.39, 0.29) is 28.7 Å². The summed E-state index contributed by atoms with van der Waals surface area (Å²) < 4.78 is 44.2. The number of aromatic nitrogens is 4. The molecule has 0 aliphatic carbocycles. The predicted octanol–water partition coefficient (Wildman–Crippen LogP) is 5.12. The lowest BCUT2D eigenvalue weighted by Crippen LogP contribution is -2.50. The summed E-state index contributed by atoms with van der Waals surface area (Å²) in [6.07, 6.45) is -1.31. The van der Waals surface area contributed by atoms with Crippen molar-refractivity contribution in [1.29, 1.82) is 0 Å². The molecule has 1 aliphatic heterocycles. The maximum Gasteiger partial charge on any atom is 0.416 e. The summed E-state index contributed by atoms with van der Waals surface area (Å²) in [6.45, 7) is 12.7. The van der Waals surface area contributed by atoms with Gasteiger partial charge in [0.1, 0.15) is 11.7 Å². The van der Waals surface area contributed by atoms with E-state index in [1.807, 2.05) is 0 Å². The molecule has 1 aliphatic rings. The molecule has 0 saturated carbocycles. The van der Waals surface area contributed by atoms with E-state index in [0.717, 1.165) is 47.2 Å². The van der Waals surface area contributed by atoms with Crippen molar-refractivity contribution >= 4 is 17.6 Å². The van der Waals surface area contributed by atoms with E-state index in [2.05, 4.69) is 27.2 Å². The number of rotatable bonds is 7. The van der Waals surface area contributed by atoms with Gasteiger partial charge in [0.15, 0.2) is 5.69 Å². The van der Waals surface area contributed by atoms with Crippen molar-refractivity contribution < 1.29 is 22.8 Å². The minimum absolute atomic E-state index is 0.0657. The van der Waals surface area contributed by atoms with Crippen molar-refractivity contribution in [3.63, 3.8) is 0 Å². The molecular weight excluding hydrogens is 613 g/mol. The van der Waals surface area contributed by atoms with Crippen LogP contribution in [0.4, 0.5) is 23.7 Å². The Hall–Kier alpha value is -5.16. The van der Waals surface area contributed by atoms with Gasteiger partial charge in [-0.05, 0) is 89.1 Å². The van der Waals surface area contributed by atoms with Crippen LogP contribution in [-0.2, 0) is 11.0 Å². The first-order chi connectivity index (χ1) is 22.3. The van der Waals surface area contributed by atoms with Crippen molar-refractivity contribution in [2.75, 3.05) is 33.7 Å². The molecule has 0 bridgehead atoms. The summed E-state index contributed by atoms with van der Waals surface area (Å²) in [7, 11) is 3.73. The van der Waals surface area contributed by atoms with E-state index < -0.39 is 29.5 Å². The second-order valence-corrected chi connectivity index (χ2v) is 11.8. The van der Waals surface area contributed by atoms with Gasteiger partial charge in [-0.1, -0.05) is 18.2 Å². The summed E-state index contributed by atoms with van der Waals surface area (Å²) in [4.78, 5) is 48.5. The van der Waals surface area contributed by atoms with Gasteiger partial charge in [0.25, 0.3) is 0 Å². The van der Waals surface area contributed by atoms with Crippen LogP contribution in [0.25, 0.3) is 27.6 Å². The van der Waals surface area contributed by atoms with Crippen molar-refractivity contribution in [3.05, 3.63) is 94.0 Å². The number of benzene rings is 2. The zero-order valence-corrected chi connectivity index (χ0v) is 26.5. The number of likely N-dealkylation sites (tertiary alicyclic amines) is 1. The predicted molar refractivity (Wildman–Crippen MR) is 170 cm³/mol. The maximum atomic E-state index is 14.0.